The molecular weight excluding hydrogens is 600 g/mol. The highest BCUT2D eigenvalue weighted by Crippen LogP contribution is 2.42. The molecule has 0 saturated carbocycles. The monoisotopic (exact) mass is 633 g/mol. The van der Waals surface area contributed by atoms with E-state index in [1.54, 1.807) is 19.1 Å². The van der Waals surface area contributed by atoms with Crippen LogP contribution in [0.4, 0.5) is 32.3 Å². The number of anilines is 1. The normalized spacial score (nSPS) is 11.9. The molecule has 0 unspecified atom stereocenters. The Bertz CT molecular complexity index is 1600. The molecule has 4 rings (SSSR count). The average Bonchev–Trinajstić information content (AvgIpc) is 2.99. The first-order valence-electron chi connectivity index (χ1n) is 13.9. The van der Waals surface area contributed by atoms with E-state index in [0.29, 0.717) is 46.1 Å². The summed E-state index contributed by atoms with van der Waals surface area (Å²) in [6.07, 6.45) is -6.94. The molecule has 4 aromatic rings. The van der Waals surface area contributed by atoms with Crippen molar-refractivity contribution in [3.63, 3.8) is 0 Å². The zero-order valence-corrected chi connectivity index (χ0v) is 25.6. The summed E-state index contributed by atoms with van der Waals surface area (Å²) < 4.78 is 99.0. The standard InChI is InChI=1S/C33H33F6N3O3/c1-19(2)22-7-8-28(43-4)27(11-22)26-14-30(45-6)29(44-5)12-23(26)18-42(31-40-15-20(3)16-41-31)17-21-9-24(32(34,35)36)13-25(10-21)33(37,38)39/h7-16,19H,17-18H2,1-6H3. The van der Waals surface area contributed by atoms with Crippen molar-refractivity contribution in [3.8, 4) is 28.4 Å². The van der Waals surface area contributed by atoms with Crippen LogP contribution in [0.1, 0.15) is 53.1 Å². The first kappa shape index (κ1) is 33.4. The number of nitrogens with zero attached hydrogens (tertiary/aromatic N) is 3. The maximum absolute atomic E-state index is 13.7. The van der Waals surface area contributed by atoms with Crippen molar-refractivity contribution in [1.29, 1.82) is 0 Å². The summed E-state index contributed by atoms with van der Waals surface area (Å²) >= 11 is 0. The van der Waals surface area contributed by atoms with E-state index < -0.39 is 23.5 Å². The third kappa shape index (κ3) is 7.79. The fourth-order valence-electron chi connectivity index (χ4n) is 4.88. The minimum absolute atomic E-state index is 0.0224. The van der Waals surface area contributed by atoms with Crippen LogP contribution in [-0.4, -0.2) is 31.3 Å². The van der Waals surface area contributed by atoms with Gasteiger partial charge in [0.15, 0.2) is 11.5 Å². The van der Waals surface area contributed by atoms with Crippen LogP contribution in [0.25, 0.3) is 11.1 Å². The number of rotatable bonds is 10. The van der Waals surface area contributed by atoms with Crippen molar-refractivity contribution in [2.24, 2.45) is 0 Å². The van der Waals surface area contributed by atoms with Crippen LogP contribution in [0.3, 0.4) is 0 Å². The summed E-state index contributed by atoms with van der Waals surface area (Å²) in [6.45, 7) is 5.46. The molecule has 0 saturated heterocycles. The summed E-state index contributed by atoms with van der Waals surface area (Å²) in [4.78, 5) is 10.2. The molecule has 0 N–H and O–H groups in total. The van der Waals surface area contributed by atoms with Crippen molar-refractivity contribution in [2.75, 3.05) is 26.2 Å². The van der Waals surface area contributed by atoms with E-state index >= 15 is 0 Å². The smallest absolute Gasteiger partial charge is 0.416 e. The summed E-state index contributed by atoms with van der Waals surface area (Å²) in [5.74, 6) is 1.63. The lowest BCUT2D eigenvalue weighted by Gasteiger charge is -2.26. The maximum Gasteiger partial charge on any atom is 0.416 e. The Balaban J connectivity index is 1.92. The van der Waals surface area contributed by atoms with Crippen molar-refractivity contribution >= 4 is 5.95 Å². The second kappa shape index (κ2) is 13.3. The molecule has 0 bridgehead atoms. The minimum Gasteiger partial charge on any atom is -0.496 e. The molecule has 240 valence electrons. The topological polar surface area (TPSA) is 56.7 Å². The molecule has 6 nitrogen and oxygen atoms in total. The fourth-order valence-corrected chi connectivity index (χ4v) is 4.88. The van der Waals surface area contributed by atoms with Crippen LogP contribution in [0.15, 0.2) is 60.9 Å². The van der Waals surface area contributed by atoms with E-state index in [0.717, 1.165) is 11.1 Å². The summed E-state index contributed by atoms with van der Waals surface area (Å²) in [6, 6.07) is 10.8. The molecular formula is C33H33F6N3O3. The number of hydrogen-bond donors (Lipinski definition) is 0. The van der Waals surface area contributed by atoms with Crippen LogP contribution >= 0.6 is 0 Å². The largest absolute Gasteiger partial charge is 0.496 e. The van der Waals surface area contributed by atoms with Crippen molar-refractivity contribution in [3.05, 3.63) is 94.3 Å². The molecule has 45 heavy (non-hydrogen) atoms. The van der Waals surface area contributed by atoms with Gasteiger partial charge in [-0.3, -0.25) is 0 Å². The molecule has 0 aliphatic rings. The van der Waals surface area contributed by atoms with Crippen LogP contribution in [-0.2, 0) is 25.4 Å². The molecule has 0 spiro atoms. The molecule has 3 aromatic carbocycles. The highest BCUT2D eigenvalue weighted by molar-refractivity contribution is 5.77. The molecule has 12 heteroatoms. The van der Waals surface area contributed by atoms with Crippen LogP contribution in [0, 0.1) is 6.92 Å². The van der Waals surface area contributed by atoms with Gasteiger partial charge in [0.05, 0.1) is 32.5 Å². The van der Waals surface area contributed by atoms with E-state index in [4.69, 9.17) is 14.2 Å². The van der Waals surface area contributed by atoms with Gasteiger partial charge in [0.25, 0.3) is 0 Å². The Morgan fingerprint density at radius 1 is 0.689 bits per heavy atom. The summed E-state index contributed by atoms with van der Waals surface area (Å²) in [7, 11) is 4.48. The van der Waals surface area contributed by atoms with Crippen LogP contribution in [0.2, 0.25) is 0 Å². The van der Waals surface area contributed by atoms with Crippen molar-refractivity contribution < 1.29 is 40.6 Å². The molecule has 0 radical (unpaired) electrons. The summed E-state index contributed by atoms with van der Waals surface area (Å²) in [5, 5.41) is 0. The van der Waals surface area contributed by atoms with Gasteiger partial charge >= 0.3 is 12.4 Å². The summed E-state index contributed by atoms with van der Waals surface area (Å²) in [5.41, 5.74) is 0.695. The van der Waals surface area contributed by atoms with E-state index in [1.807, 2.05) is 32.0 Å². The zero-order chi connectivity index (χ0) is 33.1. The number of hydrogen-bond acceptors (Lipinski definition) is 6. The Morgan fingerprint density at radius 2 is 1.24 bits per heavy atom. The number of alkyl halides is 6. The highest BCUT2D eigenvalue weighted by atomic mass is 19.4. The Morgan fingerprint density at radius 3 is 1.76 bits per heavy atom. The van der Waals surface area contributed by atoms with E-state index in [2.05, 4.69) is 9.97 Å². The minimum atomic E-state index is -4.99. The predicted molar refractivity (Wildman–Crippen MR) is 159 cm³/mol. The number of halogens is 6. The quantitative estimate of drug-likeness (QED) is 0.163. The van der Waals surface area contributed by atoms with Gasteiger partial charge in [0.1, 0.15) is 5.75 Å². The number of benzene rings is 3. The molecule has 0 fully saturated rings. The van der Waals surface area contributed by atoms with Crippen molar-refractivity contribution in [1.82, 2.24) is 9.97 Å². The number of aromatic nitrogens is 2. The van der Waals surface area contributed by atoms with E-state index in [-0.39, 0.29) is 36.6 Å². The first-order chi connectivity index (χ1) is 21.1. The van der Waals surface area contributed by atoms with Gasteiger partial charge in [0, 0.05) is 31.0 Å². The van der Waals surface area contributed by atoms with E-state index in [9.17, 15) is 26.3 Å². The van der Waals surface area contributed by atoms with Gasteiger partial charge in [-0.05, 0) is 83.1 Å². The van der Waals surface area contributed by atoms with Crippen LogP contribution < -0.4 is 19.1 Å². The predicted octanol–water partition coefficient (Wildman–Crippen LogP) is 8.85. The lowest BCUT2D eigenvalue weighted by atomic mass is 9.93. The first-order valence-corrected chi connectivity index (χ1v) is 13.9. The molecule has 1 heterocycles. The lowest BCUT2D eigenvalue weighted by molar-refractivity contribution is -0.143. The maximum atomic E-state index is 13.7. The number of aryl methyl sites for hydroxylation is 1. The van der Waals surface area contributed by atoms with Gasteiger partial charge in [-0.1, -0.05) is 19.9 Å². The molecule has 0 aliphatic heterocycles. The molecule has 1 aromatic heterocycles. The van der Waals surface area contributed by atoms with Gasteiger partial charge in [0.2, 0.25) is 5.95 Å². The third-order valence-corrected chi connectivity index (χ3v) is 7.22. The van der Waals surface area contributed by atoms with Crippen molar-refractivity contribution in [2.45, 2.75) is 52.1 Å². The fraction of sp³-hybridized carbons (Fsp3) is 0.333. The Kier molecular flexibility index (Phi) is 9.84. The Hall–Kier alpha value is -4.48. The second-order valence-electron chi connectivity index (χ2n) is 10.8. The Labute approximate surface area is 257 Å². The van der Waals surface area contributed by atoms with Gasteiger partial charge in [-0.2, -0.15) is 26.3 Å². The van der Waals surface area contributed by atoms with E-state index in [1.165, 1.54) is 38.6 Å². The molecule has 0 amide bonds. The number of ether oxygens (including phenoxy) is 3. The number of methoxy groups -OCH3 is 3. The molecule has 0 aliphatic carbocycles. The van der Waals surface area contributed by atoms with Gasteiger partial charge < -0.3 is 19.1 Å². The lowest BCUT2D eigenvalue weighted by Crippen LogP contribution is -2.25. The van der Waals surface area contributed by atoms with Gasteiger partial charge in [-0.15, -0.1) is 0 Å². The van der Waals surface area contributed by atoms with Crippen LogP contribution in [0.5, 0.6) is 17.2 Å². The average molecular weight is 634 g/mol. The second-order valence-corrected chi connectivity index (χ2v) is 10.8. The highest BCUT2D eigenvalue weighted by Gasteiger charge is 2.37. The third-order valence-electron chi connectivity index (χ3n) is 7.22. The SMILES string of the molecule is COc1cc(CN(Cc2cc(C(F)(F)F)cc(C(F)(F)F)c2)c2ncc(C)cn2)c(-c2cc(C(C)C)ccc2OC)cc1OC. The molecule has 0 atom stereocenters. The zero-order valence-electron chi connectivity index (χ0n) is 25.6. The van der Waals surface area contributed by atoms with Gasteiger partial charge in [-0.25, -0.2) is 9.97 Å².